The van der Waals surface area contributed by atoms with Gasteiger partial charge in [-0.25, -0.2) is 0 Å². The van der Waals surface area contributed by atoms with Crippen LogP contribution in [0.4, 0.5) is 0 Å². The molecule has 2 aromatic rings. The van der Waals surface area contributed by atoms with Crippen LogP contribution in [0, 0.1) is 23.7 Å². The number of rotatable bonds is 22. The topological polar surface area (TPSA) is 149 Å². The molecule has 252 valence electrons. The van der Waals surface area contributed by atoms with E-state index in [1.165, 1.54) is 11.1 Å². The first kappa shape index (κ1) is 36.8. The summed E-state index contributed by atoms with van der Waals surface area (Å²) in [7, 11) is 0. The molecule has 4 atom stereocenters. The van der Waals surface area contributed by atoms with Gasteiger partial charge >= 0.3 is 23.9 Å². The van der Waals surface area contributed by atoms with Crippen molar-refractivity contribution in [3.05, 3.63) is 71.8 Å². The third kappa shape index (κ3) is 11.6. The zero-order valence-electron chi connectivity index (χ0n) is 27.0. The monoisotopic (exact) mass is 636 g/mol. The maximum atomic E-state index is 11.2. The third-order valence-electron chi connectivity index (χ3n) is 10.1. The molecular weight excluding hydrogens is 584 g/mol. The van der Waals surface area contributed by atoms with Crippen LogP contribution in [0.5, 0.6) is 0 Å². The van der Waals surface area contributed by atoms with E-state index < -0.39 is 35.7 Å². The van der Waals surface area contributed by atoms with Gasteiger partial charge in [-0.3, -0.25) is 19.2 Å². The minimum atomic E-state index is -1.32. The lowest BCUT2D eigenvalue weighted by Crippen LogP contribution is -2.33. The van der Waals surface area contributed by atoms with Gasteiger partial charge in [0.2, 0.25) is 0 Å². The van der Waals surface area contributed by atoms with Crippen molar-refractivity contribution in [1.29, 1.82) is 0 Å². The van der Waals surface area contributed by atoms with Crippen LogP contribution < -0.4 is 0 Å². The first-order valence-electron chi connectivity index (χ1n) is 17.2. The summed E-state index contributed by atoms with van der Waals surface area (Å²) in [6.45, 7) is 0. The molecule has 8 heteroatoms. The van der Waals surface area contributed by atoms with E-state index in [1.807, 2.05) is 0 Å². The highest BCUT2D eigenvalue weighted by Crippen LogP contribution is 2.52. The van der Waals surface area contributed by atoms with Crippen LogP contribution in [0.3, 0.4) is 0 Å². The van der Waals surface area contributed by atoms with Gasteiger partial charge in [0.1, 0.15) is 0 Å². The van der Waals surface area contributed by atoms with Gasteiger partial charge in [-0.15, -0.1) is 0 Å². The molecule has 0 amide bonds. The Balaban J connectivity index is 1.62. The molecule has 0 spiro atoms. The van der Waals surface area contributed by atoms with Gasteiger partial charge in [0.15, 0.2) is 11.8 Å². The highest BCUT2D eigenvalue weighted by Gasteiger charge is 2.39. The molecule has 0 saturated heterocycles. The van der Waals surface area contributed by atoms with Crippen molar-refractivity contribution in [2.75, 3.05) is 0 Å². The van der Waals surface area contributed by atoms with E-state index in [4.69, 9.17) is 20.4 Å². The van der Waals surface area contributed by atoms with Crippen LogP contribution in [0.1, 0.15) is 126 Å². The average Bonchev–Trinajstić information content (AvgIpc) is 3.03. The van der Waals surface area contributed by atoms with Crippen LogP contribution >= 0.6 is 0 Å². The number of carbonyl (C=O) groups is 4. The number of benzene rings is 2. The molecule has 8 nitrogen and oxygen atoms in total. The number of unbranched alkanes of at least 4 members (excludes halogenated alkanes) is 8. The fourth-order valence-electron chi connectivity index (χ4n) is 7.67. The molecule has 0 aromatic heterocycles. The van der Waals surface area contributed by atoms with E-state index in [9.17, 15) is 19.2 Å². The average molecular weight is 637 g/mol. The molecule has 1 aliphatic rings. The maximum Gasteiger partial charge on any atom is 0.317 e. The van der Waals surface area contributed by atoms with Gasteiger partial charge in [-0.1, -0.05) is 125 Å². The second-order valence-electron chi connectivity index (χ2n) is 13.1. The summed E-state index contributed by atoms with van der Waals surface area (Å²) in [5.41, 5.74) is 2.81. The van der Waals surface area contributed by atoms with Gasteiger partial charge in [0.05, 0.1) is 0 Å². The molecule has 0 bridgehead atoms. The Kier molecular flexibility index (Phi) is 15.8. The van der Waals surface area contributed by atoms with Crippen LogP contribution in [0.2, 0.25) is 0 Å². The molecule has 0 aliphatic heterocycles. The van der Waals surface area contributed by atoms with Gasteiger partial charge < -0.3 is 20.4 Å². The van der Waals surface area contributed by atoms with E-state index in [-0.39, 0.29) is 12.8 Å². The first-order valence-corrected chi connectivity index (χ1v) is 17.2. The molecule has 3 rings (SSSR count). The molecule has 1 saturated carbocycles. The number of carboxylic acid groups (broad SMARTS) is 4. The Labute approximate surface area is 273 Å². The largest absolute Gasteiger partial charge is 0.481 e. The molecule has 1 aliphatic carbocycles. The predicted octanol–water partition coefficient (Wildman–Crippen LogP) is 8.61. The SMILES string of the molecule is O=C(O)C(CCCCCCCC1C(c2ccccc2)CCC(c2ccccc2)C1CCCCCCCC(C(=O)O)C(=O)O)C(=O)O. The second kappa shape index (κ2) is 19.7. The number of aliphatic carboxylic acids is 4. The predicted molar refractivity (Wildman–Crippen MR) is 177 cm³/mol. The quantitative estimate of drug-likeness (QED) is 0.0741. The summed E-state index contributed by atoms with van der Waals surface area (Å²) in [5.74, 6) is -5.67. The fourth-order valence-corrected chi connectivity index (χ4v) is 7.67. The lowest BCUT2D eigenvalue weighted by molar-refractivity contribution is -0.156. The van der Waals surface area contributed by atoms with Crippen LogP contribution in [0.25, 0.3) is 0 Å². The Bertz CT molecular complexity index is 1090. The van der Waals surface area contributed by atoms with Crippen molar-refractivity contribution in [3.63, 3.8) is 0 Å². The zero-order valence-corrected chi connectivity index (χ0v) is 27.0. The van der Waals surface area contributed by atoms with Crippen molar-refractivity contribution in [1.82, 2.24) is 0 Å². The first-order chi connectivity index (χ1) is 22.2. The standard InChI is InChI=1S/C38H52O8/c39-35(40)33(36(41)42)23-15-5-1-3-13-21-31-29(27-17-9-7-10-18-27)25-26-30(28-19-11-8-12-20-28)32(31)22-14-4-2-6-16-24-34(37(43)44)38(45)46/h7-12,17-20,29-34H,1-6,13-16,21-26H2,(H,39,40)(H,41,42)(H,43,44)(H,45,46). The summed E-state index contributed by atoms with van der Waals surface area (Å²) < 4.78 is 0. The van der Waals surface area contributed by atoms with Crippen LogP contribution in [-0.4, -0.2) is 44.3 Å². The molecule has 0 radical (unpaired) electrons. The Hall–Kier alpha value is -3.68. The Morgan fingerprint density at radius 3 is 1.11 bits per heavy atom. The third-order valence-corrected chi connectivity index (χ3v) is 10.1. The molecule has 2 aromatic carbocycles. The maximum absolute atomic E-state index is 11.2. The molecule has 1 fully saturated rings. The second-order valence-corrected chi connectivity index (χ2v) is 13.1. The molecule has 4 N–H and O–H groups in total. The van der Waals surface area contributed by atoms with E-state index in [2.05, 4.69) is 60.7 Å². The minimum Gasteiger partial charge on any atom is -0.481 e. The Morgan fingerprint density at radius 2 is 0.783 bits per heavy atom. The van der Waals surface area contributed by atoms with Crippen molar-refractivity contribution in [3.8, 4) is 0 Å². The number of hydrogen-bond acceptors (Lipinski definition) is 4. The van der Waals surface area contributed by atoms with Gasteiger partial charge in [-0.05, 0) is 73.3 Å². The Morgan fingerprint density at radius 1 is 0.478 bits per heavy atom. The highest BCUT2D eigenvalue weighted by atomic mass is 16.4. The van der Waals surface area contributed by atoms with Gasteiger partial charge in [0, 0.05) is 0 Å². The van der Waals surface area contributed by atoms with Crippen molar-refractivity contribution < 1.29 is 39.6 Å². The van der Waals surface area contributed by atoms with E-state index in [0.29, 0.717) is 36.5 Å². The number of carboxylic acids is 4. The molecule has 0 heterocycles. The summed E-state index contributed by atoms with van der Waals surface area (Å²) >= 11 is 0. The normalized spacial score (nSPS) is 19.7. The fraction of sp³-hybridized carbons (Fsp3) is 0.579. The lowest BCUT2D eigenvalue weighted by atomic mass is 9.60. The highest BCUT2D eigenvalue weighted by molar-refractivity contribution is 5.93. The van der Waals surface area contributed by atoms with Gasteiger partial charge in [0.25, 0.3) is 0 Å². The van der Waals surface area contributed by atoms with Gasteiger partial charge in [-0.2, -0.15) is 0 Å². The molecule has 4 unspecified atom stereocenters. The lowest BCUT2D eigenvalue weighted by Gasteiger charge is -2.44. The van der Waals surface area contributed by atoms with Crippen LogP contribution in [0.15, 0.2) is 60.7 Å². The zero-order chi connectivity index (χ0) is 33.3. The smallest absolute Gasteiger partial charge is 0.317 e. The van der Waals surface area contributed by atoms with Crippen LogP contribution in [-0.2, 0) is 19.2 Å². The molecular formula is C38H52O8. The van der Waals surface area contributed by atoms with E-state index in [1.54, 1.807) is 0 Å². The van der Waals surface area contributed by atoms with Crippen molar-refractivity contribution in [2.24, 2.45) is 23.7 Å². The van der Waals surface area contributed by atoms with Crippen molar-refractivity contribution in [2.45, 2.75) is 115 Å². The van der Waals surface area contributed by atoms with Crippen molar-refractivity contribution >= 4 is 23.9 Å². The number of hydrogen-bond donors (Lipinski definition) is 4. The van der Waals surface area contributed by atoms with E-state index in [0.717, 1.165) is 77.0 Å². The molecule has 46 heavy (non-hydrogen) atoms. The summed E-state index contributed by atoms with van der Waals surface area (Å²) in [6, 6.07) is 21.7. The summed E-state index contributed by atoms with van der Waals surface area (Å²) in [4.78, 5) is 44.7. The summed E-state index contributed by atoms with van der Waals surface area (Å²) in [6.07, 6.45) is 13.9. The minimum absolute atomic E-state index is 0.171. The summed E-state index contributed by atoms with van der Waals surface area (Å²) in [5, 5.41) is 36.5. The van der Waals surface area contributed by atoms with E-state index >= 15 is 0 Å².